The molecule has 0 aliphatic rings. The lowest BCUT2D eigenvalue weighted by molar-refractivity contribution is 0.517. The van der Waals surface area contributed by atoms with E-state index in [0.717, 1.165) is 27.9 Å². The number of oxazole rings is 1. The molecule has 0 fully saturated rings. The quantitative estimate of drug-likeness (QED) is 0.462. The van der Waals surface area contributed by atoms with Gasteiger partial charge in [-0.25, -0.2) is 19.7 Å². The predicted molar refractivity (Wildman–Crippen MR) is 112 cm³/mol. The van der Waals surface area contributed by atoms with E-state index in [1.165, 1.54) is 4.57 Å². The summed E-state index contributed by atoms with van der Waals surface area (Å²) < 4.78 is 8.59. The van der Waals surface area contributed by atoms with E-state index < -0.39 is 5.76 Å². The maximum Gasteiger partial charge on any atom is 0.421 e. The van der Waals surface area contributed by atoms with Crippen LogP contribution in [0, 0.1) is 6.92 Å². The van der Waals surface area contributed by atoms with Crippen LogP contribution in [0.15, 0.2) is 70.4 Å². The standard InChI is InChI=1S/C22H18N6O2/c1-14-6-7-19-21(26-14)28(22(29)30-19)12-15-4-3-5-16(8-15)20-23-9-17(10-24-20)18-11-25-27(2)13-18/h3-11,13H,12H2,1-2H3. The molecule has 4 heterocycles. The van der Waals surface area contributed by atoms with Gasteiger partial charge in [-0.15, -0.1) is 0 Å². The van der Waals surface area contributed by atoms with Crippen LogP contribution in [0.1, 0.15) is 11.3 Å². The number of hydrogen-bond acceptors (Lipinski definition) is 6. The van der Waals surface area contributed by atoms with E-state index in [9.17, 15) is 4.79 Å². The van der Waals surface area contributed by atoms with Crippen LogP contribution in [-0.2, 0) is 13.6 Å². The average molecular weight is 398 g/mol. The number of pyridine rings is 1. The Bertz CT molecular complexity index is 1410. The minimum absolute atomic E-state index is 0.351. The highest BCUT2D eigenvalue weighted by Gasteiger charge is 2.12. The molecule has 0 radical (unpaired) electrons. The Morgan fingerprint density at radius 2 is 1.83 bits per heavy atom. The van der Waals surface area contributed by atoms with Crippen molar-refractivity contribution in [2.45, 2.75) is 13.5 Å². The molecule has 1 aromatic carbocycles. The summed E-state index contributed by atoms with van der Waals surface area (Å²) in [5, 5.41) is 4.18. The summed E-state index contributed by atoms with van der Waals surface area (Å²) in [5.41, 5.74) is 5.52. The van der Waals surface area contributed by atoms with Crippen molar-refractivity contribution in [3.8, 4) is 22.5 Å². The van der Waals surface area contributed by atoms with Gasteiger partial charge in [0.25, 0.3) is 0 Å². The van der Waals surface area contributed by atoms with Gasteiger partial charge in [-0.3, -0.25) is 9.25 Å². The van der Waals surface area contributed by atoms with E-state index in [0.29, 0.717) is 23.6 Å². The van der Waals surface area contributed by atoms with Crippen LogP contribution in [0.4, 0.5) is 0 Å². The van der Waals surface area contributed by atoms with Crippen molar-refractivity contribution in [1.82, 2.24) is 29.3 Å². The second-order valence-electron chi connectivity index (χ2n) is 7.13. The fourth-order valence-electron chi connectivity index (χ4n) is 3.37. The minimum Gasteiger partial charge on any atom is -0.406 e. The average Bonchev–Trinajstić information content (AvgIpc) is 3.32. The maximum absolute atomic E-state index is 12.3. The molecular weight excluding hydrogens is 380 g/mol. The number of benzene rings is 1. The van der Waals surface area contributed by atoms with Gasteiger partial charge in [0.1, 0.15) is 0 Å². The zero-order chi connectivity index (χ0) is 20.7. The molecule has 0 saturated carbocycles. The zero-order valence-corrected chi connectivity index (χ0v) is 16.5. The van der Waals surface area contributed by atoms with Gasteiger partial charge in [0, 0.05) is 48.0 Å². The topological polar surface area (TPSA) is 91.6 Å². The third kappa shape index (κ3) is 3.28. The van der Waals surface area contributed by atoms with Gasteiger partial charge in [-0.05, 0) is 30.7 Å². The molecular formula is C22H18N6O2. The Labute approximate surface area is 171 Å². The Morgan fingerprint density at radius 1 is 1.00 bits per heavy atom. The molecule has 0 N–H and O–H groups in total. The Balaban J connectivity index is 1.46. The number of rotatable bonds is 4. The lowest BCUT2D eigenvalue weighted by atomic mass is 10.1. The predicted octanol–water partition coefficient (Wildman–Crippen LogP) is 3.20. The molecule has 0 aliphatic heterocycles. The molecule has 0 bridgehead atoms. The molecule has 0 atom stereocenters. The normalized spacial score (nSPS) is 11.3. The minimum atomic E-state index is -0.425. The molecule has 8 heteroatoms. The van der Waals surface area contributed by atoms with Crippen molar-refractivity contribution < 1.29 is 4.42 Å². The molecule has 4 aromatic heterocycles. The van der Waals surface area contributed by atoms with Crippen molar-refractivity contribution in [3.05, 3.63) is 83.0 Å². The van der Waals surface area contributed by atoms with Gasteiger partial charge in [-0.2, -0.15) is 5.10 Å². The summed E-state index contributed by atoms with van der Waals surface area (Å²) in [7, 11) is 1.87. The van der Waals surface area contributed by atoms with Crippen molar-refractivity contribution >= 4 is 11.2 Å². The summed E-state index contributed by atoms with van der Waals surface area (Å²) in [4.78, 5) is 25.8. The van der Waals surface area contributed by atoms with E-state index in [1.807, 2.05) is 50.5 Å². The molecule has 148 valence electrons. The third-order valence-corrected chi connectivity index (χ3v) is 4.87. The van der Waals surface area contributed by atoms with Gasteiger partial charge in [0.05, 0.1) is 12.7 Å². The first-order valence-electron chi connectivity index (χ1n) is 9.44. The van der Waals surface area contributed by atoms with Crippen molar-refractivity contribution in [3.63, 3.8) is 0 Å². The number of aryl methyl sites for hydroxylation is 2. The van der Waals surface area contributed by atoms with Crippen LogP contribution in [0.2, 0.25) is 0 Å². The molecule has 0 aliphatic carbocycles. The highest BCUT2D eigenvalue weighted by Crippen LogP contribution is 2.21. The van der Waals surface area contributed by atoms with Gasteiger partial charge >= 0.3 is 5.76 Å². The summed E-state index contributed by atoms with van der Waals surface area (Å²) in [6.45, 7) is 2.23. The molecule has 0 unspecified atom stereocenters. The van der Waals surface area contributed by atoms with Crippen LogP contribution in [0.5, 0.6) is 0 Å². The molecule has 0 saturated heterocycles. The summed E-state index contributed by atoms with van der Waals surface area (Å²) in [6, 6.07) is 11.4. The Morgan fingerprint density at radius 3 is 2.60 bits per heavy atom. The van der Waals surface area contributed by atoms with E-state index >= 15 is 0 Å². The lowest BCUT2D eigenvalue weighted by Crippen LogP contribution is -2.15. The van der Waals surface area contributed by atoms with Crippen LogP contribution in [0.3, 0.4) is 0 Å². The van der Waals surface area contributed by atoms with E-state index in [2.05, 4.69) is 20.1 Å². The van der Waals surface area contributed by atoms with Crippen LogP contribution >= 0.6 is 0 Å². The zero-order valence-electron chi connectivity index (χ0n) is 16.5. The summed E-state index contributed by atoms with van der Waals surface area (Å²) >= 11 is 0. The second-order valence-corrected chi connectivity index (χ2v) is 7.13. The van der Waals surface area contributed by atoms with E-state index in [4.69, 9.17) is 4.42 Å². The highest BCUT2D eigenvalue weighted by atomic mass is 16.4. The molecule has 5 aromatic rings. The van der Waals surface area contributed by atoms with Crippen LogP contribution < -0.4 is 5.76 Å². The lowest BCUT2D eigenvalue weighted by Gasteiger charge is -2.06. The number of hydrogen-bond donors (Lipinski definition) is 0. The monoisotopic (exact) mass is 398 g/mol. The van der Waals surface area contributed by atoms with E-state index in [-0.39, 0.29) is 0 Å². The van der Waals surface area contributed by atoms with Crippen molar-refractivity contribution in [2.75, 3.05) is 0 Å². The molecule has 0 amide bonds. The molecule has 5 rings (SSSR count). The first-order valence-corrected chi connectivity index (χ1v) is 9.44. The van der Waals surface area contributed by atoms with Gasteiger partial charge in [-0.1, -0.05) is 18.2 Å². The molecule has 8 nitrogen and oxygen atoms in total. The van der Waals surface area contributed by atoms with Crippen LogP contribution in [0.25, 0.3) is 33.7 Å². The smallest absolute Gasteiger partial charge is 0.406 e. The third-order valence-electron chi connectivity index (χ3n) is 4.87. The largest absolute Gasteiger partial charge is 0.421 e. The van der Waals surface area contributed by atoms with Gasteiger partial charge in [0.2, 0.25) is 0 Å². The van der Waals surface area contributed by atoms with Gasteiger partial charge in [0.15, 0.2) is 17.1 Å². The second kappa shape index (κ2) is 7.07. The first kappa shape index (κ1) is 18.0. The maximum atomic E-state index is 12.3. The Kier molecular flexibility index (Phi) is 4.24. The molecule has 0 spiro atoms. The van der Waals surface area contributed by atoms with Crippen molar-refractivity contribution in [2.24, 2.45) is 7.05 Å². The summed E-state index contributed by atoms with van der Waals surface area (Å²) in [6.07, 6.45) is 7.27. The Hall–Kier alpha value is -4.07. The number of nitrogens with zero attached hydrogens (tertiary/aromatic N) is 6. The fraction of sp³-hybridized carbons (Fsp3) is 0.136. The highest BCUT2D eigenvalue weighted by molar-refractivity contribution is 5.68. The SMILES string of the molecule is Cc1ccc2oc(=O)n(Cc3cccc(-c4ncc(-c5cnn(C)c5)cn4)c3)c2n1. The van der Waals surface area contributed by atoms with Crippen LogP contribution in [-0.4, -0.2) is 29.3 Å². The fourth-order valence-corrected chi connectivity index (χ4v) is 3.37. The molecule has 30 heavy (non-hydrogen) atoms. The van der Waals surface area contributed by atoms with Gasteiger partial charge < -0.3 is 4.42 Å². The summed E-state index contributed by atoms with van der Waals surface area (Å²) in [5.74, 6) is 0.188. The number of aromatic nitrogens is 6. The van der Waals surface area contributed by atoms with Crippen molar-refractivity contribution in [1.29, 1.82) is 0 Å². The number of fused-ring (bicyclic) bond motifs is 1. The van der Waals surface area contributed by atoms with E-state index in [1.54, 1.807) is 29.3 Å². The first-order chi connectivity index (χ1) is 14.6.